The van der Waals surface area contributed by atoms with E-state index in [1.165, 1.54) is 0 Å². The molecule has 21 heavy (non-hydrogen) atoms. The van der Waals surface area contributed by atoms with Gasteiger partial charge in [0.1, 0.15) is 12.2 Å². The Hall–Kier alpha value is -2.57. The number of ether oxygens (including phenoxy) is 1. The molecule has 1 aliphatic heterocycles. The molecule has 1 aromatic heterocycles. The molecule has 12 heteroatoms. The summed E-state index contributed by atoms with van der Waals surface area (Å²) >= 11 is 0. The Morgan fingerprint density at radius 3 is 2.48 bits per heavy atom. The summed E-state index contributed by atoms with van der Waals surface area (Å²) in [6, 6.07) is 0. The number of aromatic nitrogens is 2. The van der Waals surface area contributed by atoms with E-state index < -0.39 is 52.4 Å². The summed E-state index contributed by atoms with van der Waals surface area (Å²) in [6.45, 7) is 0. The summed E-state index contributed by atoms with van der Waals surface area (Å²) < 4.78 is 5.25. The molecule has 2 heterocycles. The zero-order valence-electron chi connectivity index (χ0n) is 10.1. The van der Waals surface area contributed by atoms with Crippen molar-refractivity contribution in [3.63, 3.8) is 0 Å². The van der Waals surface area contributed by atoms with Crippen molar-refractivity contribution in [3.05, 3.63) is 37.1 Å². The van der Waals surface area contributed by atoms with E-state index in [9.17, 15) is 34.7 Å². The van der Waals surface area contributed by atoms with Gasteiger partial charge in [0.15, 0.2) is 12.3 Å². The van der Waals surface area contributed by atoms with Crippen LogP contribution in [0.2, 0.25) is 0 Å². The number of aliphatic hydroxyl groups is 2. The van der Waals surface area contributed by atoms with Crippen LogP contribution < -0.4 is 11.2 Å². The number of carboxylic acid groups (broad SMARTS) is 1. The molecule has 0 amide bonds. The Kier molecular flexibility index (Phi) is 3.59. The first-order chi connectivity index (χ1) is 9.73. The summed E-state index contributed by atoms with van der Waals surface area (Å²) in [6.07, 6.45) is -6.67. The molecule has 1 saturated heterocycles. The van der Waals surface area contributed by atoms with Gasteiger partial charge < -0.3 is 20.1 Å². The highest BCUT2D eigenvalue weighted by Crippen LogP contribution is 2.28. The Morgan fingerprint density at radius 1 is 1.38 bits per heavy atom. The molecule has 114 valence electrons. The maximum absolute atomic E-state index is 11.6. The number of nitrogens with zero attached hydrogens (tertiary/aromatic N) is 2. The first-order valence-corrected chi connectivity index (χ1v) is 5.48. The zero-order chi connectivity index (χ0) is 15.9. The lowest BCUT2D eigenvalue weighted by Crippen LogP contribution is -2.38. The summed E-state index contributed by atoms with van der Waals surface area (Å²) in [5, 5.41) is 38.6. The van der Waals surface area contributed by atoms with E-state index in [2.05, 4.69) is 0 Å². The largest absolute Gasteiger partial charge is 0.479 e. The second kappa shape index (κ2) is 5.08. The van der Waals surface area contributed by atoms with Crippen LogP contribution in [0.1, 0.15) is 6.23 Å². The zero-order valence-corrected chi connectivity index (χ0v) is 10.1. The molecule has 0 unspecified atom stereocenters. The van der Waals surface area contributed by atoms with Gasteiger partial charge in [0.25, 0.3) is 0 Å². The summed E-state index contributed by atoms with van der Waals surface area (Å²) in [4.78, 5) is 44.8. The Morgan fingerprint density at radius 2 is 2.00 bits per heavy atom. The summed E-state index contributed by atoms with van der Waals surface area (Å²) in [7, 11) is 0. The molecule has 0 bridgehead atoms. The first-order valence-electron chi connectivity index (χ1n) is 5.48. The number of nitro groups is 1. The highest BCUT2D eigenvalue weighted by atomic mass is 16.6. The number of aromatic amines is 1. The normalized spacial score (nSPS) is 28.5. The number of carboxylic acids is 1. The molecule has 1 aliphatic rings. The maximum Gasteiger partial charge on any atom is 0.350 e. The molecule has 0 aliphatic carbocycles. The highest BCUT2D eigenvalue weighted by molar-refractivity contribution is 5.73. The molecule has 0 aromatic carbocycles. The number of nitrogens with one attached hydrogen (secondary N) is 1. The number of H-pyrrole nitrogens is 1. The lowest BCUT2D eigenvalue weighted by atomic mass is 10.1. The average molecular weight is 303 g/mol. The number of carbonyl (C=O) groups is 1. The molecule has 1 fully saturated rings. The van der Waals surface area contributed by atoms with E-state index >= 15 is 0 Å². The lowest BCUT2D eigenvalue weighted by molar-refractivity contribution is -0.387. The number of rotatable bonds is 3. The van der Waals surface area contributed by atoms with Gasteiger partial charge in [0.2, 0.25) is 0 Å². The third-order valence-electron chi connectivity index (χ3n) is 2.90. The van der Waals surface area contributed by atoms with Crippen LogP contribution in [0.3, 0.4) is 0 Å². The molecule has 0 spiro atoms. The number of hydrogen-bond donors (Lipinski definition) is 4. The number of hydrogen-bond acceptors (Lipinski definition) is 8. The smallest absolute Gasteiger partial charge is 0.350 e. The van der Waals surface area contributed by atoms with Crippen LogP contribution >= 0.6 is 0 Å². The predicted octanol–water partition coefficient (Wildman–Crippen LogP) is -2.85. The van der Waals surface area contributed by atoms with E-state index in [0.717, 1.165) is 0 Å². The van der Waals surface area contributed by atoms with Crippen LogP contribution in [0.15, 0.2) is 15.8 Å². The topological polar surface area (TPSA) is 185 Å². The van der Waals surface area contributed by atoms with Gasteiger partial charge in [-0.15, -0.1) is 0 Å². The van der Waals surface area contributed by atoms with E-state index in [1.54, 1.807) is 4.98 Å². The number of aliphatic carboxylic acids is 1. The van der Waals surface area contributed by atoms with Crippen LogP contribution in [0.4, 0.5) is 5.69 Å². The third-order valence-corrected chi connectivity index (χ3v) is 2.90. The Labute approximate surface area is 114 Å². The van der Waals surface area contributed by atoms with Crippen molar-refractivity contribution >= 4 is 11.7 Å². The van der Waals surface area contributed by atoms with Gasteiger partial charge >= 0.3 is 22.9 Å². The molecular weight excluding hydrogens is 294 g/mol. The SMILES string of the molecule is O=C(O)[C@@H]1O[C@H](n2cc([N+](=O)[O-])c(=O)[nH]c2=O)[C@H](O)[C@@H]1O. The average Bonchev–Trinajstić information content (AvgIpc) is 2.66. The van der Waals surface area contributed by atoms with Crippen molar-refractivity contribution in [2.75, 3.05) is 0 Å². The molecule has 1 aromatic rings. The maximum atomic E-state index is 11.6. The molecule has 2 rings (SSSR count). The molecule has 0 radical (unpaired) electrons. The van der Waals surface area contributed by atoms with Gasteiger partial charge in [-0.2, -0.15) is 0 Å². The van der Waals surface area contributed by atoms with Crippen LogP contribution in [0.25, 0.3) is 0 Å². The fraction of sp³-hybridized carbons (Fsp3) is 0.444. The van der Waals surface area contributed by atoms with Crippen molar-refractivity contribution in [1.29, 1.82) is 0 Å². The first kappa shape index (κ1) is 14.8. The van der Waals surface area contributed by atoms with E-state index in [4.69, 9.17) is 9.84 Å². The fourth-order valence-electron chi connectivity index (χ4n) is 1.89. The standard InChI is InChI=1S/C9H9N3O9/c13-3-4(14)7(21-5(3)8(16)17)11-1-2(12(19)20)6(15)10-9(11)18/h1,3-5,7,13-14H,(H,16,17)(H,10,15,18)/t3-,4+,5+,7-/m0/s1. The van der Waals surface area contributed by atoms with E-state index in [0.29, 0.717) is 10.8 Å². The van der Waals surface area contributed by atoms with E-state index in [1.807, 2.05) is 0 Å². The monoisotopic (exact) mass is 303 g/mol. The van der Waals surface area contributed by atoms with E-state index in [-0.39, 0.29) is 0 Å². The van der Waals surface area contributed by atoms with Crippen molar-refractivity contribution in [2.24, 2.45) is 0 Å². The van der Waals surface area contributed by atoms with Crippen molar-refractivity contribution in [1.82, 2.24) is 9.55 Å². The summed E-state index contributed by atoms with van der Waals surface area (Å²) in [5.41, 5.74) is -3.42. The Bertz CT molecular complexity index is 707. The van der Waals surface area contributed by atoms with Crippen LogP contribution in [-0.2, 0) is 9.53 Å². The van der Waals surface area contributed by atoms with Gasteiger partial charge in [-0.25, -0.2) is 9.59 Å². The molecule has 12 nitrogen and oxygen atoms in total. The highest BCUT2D eigenvalue weighted by Gasteiger charge is 2.48. The molecule has 4 atom stereocenters. The van der Waals surface area contributed by atoms with Gasteiger partial charge in [-0.3, -0.25) is 24.5 Å². The second-order valence-electron chi connectivity index (χ2n) is 4.20. The quantitative estimate of drug-likeness (QED) is 0.337. The van der Waals surface area contributed by atoms with Crippen molar-refractivity contribution in [2.45, 2.75) is 24.5 Å². The minimum atomic E-state index is -1.84. The molecular formula is C9H9N3O9. The van der Waals surface area contributed by atoms with Gasteiger partial charge in [0, 0.05) is 0 Å². The van der Waals surface area contributed by atoms with Crippen molar-refractivity contribution in [3.8, 4) is 0 Å². The van der Waals surface area contributed by atoms with Gasteiger partial charge in [-0.05, 0) is 0 Å². The minimum Gasteiger partial charge on any atom is -0.479 e. The van der Waals surface area contributed by atoms with Crippen molar-refractivity contribution < 1.29 is 29.8 Å². The predicted molar refractivity (Wildman–Crippen MR) is 61.5 cm³/mol. The second-order valence-corrected chi connectivity index (χ2v) is 4.20. The van der Waals surface area contributed by atoms with Crippen LogP contribution in [0, 0.1) is 10.1 Å². The van der Waals surface area contributed by atoms with Crippen LogP contribution in [-0.4, -0.2) is 54.1 Å². The minimum absolute atomic E-state index is 0.441. The lowest BCUT2D eigenvalue weighted by Gasteiger charge is -2.16. The molecule has 0 saturated carbocycles. The Balaban J connectivity index is 2.50. The van der Waals surface area contributed by atoms with Crippen LogP contribution in [0.5, 0.6) is 0 Å². The van der Waals surface area contributed by atoms with Gasteiger partial charge in [0.05, 0.1) is 11.1 Å². The number of aliphatic hydroxyl groups excluding tert-OH is 2. The molecule has 4 N–H and O–H groups in total. The van der Waals surface area contributed by atoms with Gasteiger partial charge in [-0.1, -0.05) is 0 Å². The fourth-order valence-corrected chi connectivity index (χ4v) is 1.89. The third kappa shape index (κ3) is 2.42. The summed E-state index contributed by atoms with van der Waals surface area (Å²) in [5.74, 6) is -1.59.